The predicted molar refractivity (Wildman–Crippen MR) is 103 cm³/mol. The van der Waals surface area contributed by atoms with Gasteiger partial charge in [-0.25, -0.2) is 0 Å². The van der Waals surface area contributed by atoms with E-state index in [0.29, 0.717) is 0 Å². The predicted octanol–water partition coefficient (Wildman–Crippen LogP) is -6.89. The number of carboxylic acid groups (broad SMARTS) is 2. The summed E-state index contributed by atoms with van der Waals surface area (Å²) in [6, 6.07) is -2.53. The van der Waals surface area contributed by atoms with Crippen LogP contribution in [0, 0.1) is 0 Å². The minimum atomic E-state index is -1.62. The van der Waals surface area contributed by atoms with E-state index in [1.807, 2.05) is 0 Å². The molecule has 0 rings (SSSR count). The molecule has 190 valence electrons. The Morgan fingerprint density at radius 1 is 0.625 bits per heavy atom. The van der Waals surface area contributed by atoms with E-state index < -0.39 is 73.9 Å². The second-order valence-electron chi connectivity index (χ2n) is 6.18. The average molecular weight is 476 g/mol. The lowest BCUT2D eigenvalue weighted by atomic mass is 10.0. The molecule has 32 heavy (non-hydrogen) atoms. The Morgan fingerprint density at radius 3 is 1.03 bits per heavy atom. The van der Waals surface area contributed by atoms with Gasteiger partial charge in [-0.2, -0.15) is 0 Å². The van der Waals surface area contributed by atoms with Crippen LogP contribution in [0.25, 0.3) is 0 Å². The molecule has 0 aliphatic carbocycles. The Bertz CT molecular complexity index is 491. The molecule has 0 unspecified atom stereocenters. The molecular weight excluding hydrogens is 444 g/mol. The van der Waals surface area contributed by atoms with Crippen LogP contribution in [0.15, 0.2) is 0 Å². The molecule has 16 heteroatoms. The molecule has 0 fully saturated rings. The van der Waals surface area contributed by atoms with E-state index in [-0.39, 0.29) is 25.4 Å². The van der Waals surface area contributed by atoms with Crippen molar-refractivity contribution in [3.05, 3.63) is 0 Å². The number of aliphatic carboxylic acids is 2. The summed E-state index contributed by atoms with van der Waals surface area (Å²) < 4.78 is 0. The number of aliphatic hydroxyl groups excluding tert-OH is 8. The zero-order valence-electron chi connectivity index (χ0n) is 16.9. The van der Waals surface area contributed by atoms with Crippen molar-refractivity contribution in [1.82, 2.24) is 0 Å². The van der Waals surface area contributed by atoms with Crippen molar-refractivity contribution in [1.29, 1.82) is 0 Å². The Hall–Kier alpha value is -2.12. The summed E-state index contributed by atoms with van der Waals surface area (Å²) in [4.78, 5) is 39.3. The number of hydrogen-bond donors (Lipinski definition) is 12. The van der Waals surface area contributed by atoms with Gasteiger partial charge in [-0.3, -0.25) is 9.59 Å². The van der Waals surface area contributed by atoms with Crippen molar-refractivity contribution in [2.45, 2.75) is 61.5 Å². The highest BCUT2D eigenvalue weighted by Crippen LogP contribution is 2.02. The van der Waals surface area contributed by atoms with E-state index in [0.717, 1.165) is 0 Å². The lowest BCUT2D eigenvalue weighted by Crippen LogP contribution is -2.49. The van der Waals surface area contributed by atoms with E-state index in [4.69, 9.17) is 62.5 Å². The van der Waals surface area contributed by atoms with E-state index in [1.165, 1.54) is 0 Å². The molecule has 0 aliphatic rings. The lowest BCUT2D eigenvalue weighted by molar-refractivity contribution is -0.143. The van der Waals surface area contributed by atoms with Crippen LogP contribution in [0.4, 0.5) is 0 Å². The van der Waals surface area contributed by atoms with Gasteiger partial charge in [0, 0.05) is 0 Å². The largest absolute Gasteiger partial charge is 0.481 e. The third-order valence-electron chi connectivity index (χ3n) is 3.52. The first-order valence-corrected chi connectivity index (χ1v) is 8.87. The molecule has 8 atom stereocenters. The summed E-state index contributed by atoms with van der Waals surface area (Å²) in [7, 11) is 0. The molecule has 0 aromatic heterocycles. The normalized spacial score (nSPS) is 17.9. The first-order chi connectivity index (χ1) is 14.7. The van der Waals surface area contributed by atoms with Gasteiger partial charge in [-0.15, -0.1) is 0 Å². The third-order valence-corrected chi connectivity index (χ3v) is 3.52. The fraction of sp³-hybridized carbons (Fsp3) is 0.750. The molecule has 0 radical (unpaired) electrons. The number of aldehydes is 2. The Labute approximate surface area is 181 Å². The second-order valence-corrected chi connectivity index (χ2v) is 6.18. The molecule has 0 bridgehead atoms. The van der Waals surface area contributed by atoms with Gasteiger partial charge < -0.3 is 72.1 Å². The zero-order chi connectivity index (χ0) is 26.0. The summed E-state index contributed by atoms with van der Waals surface area (Å²) in [5.41, 5.74) is 10.1. The van der Waals surface area contributed by atoms with Crippen LogP contribution < -0.4 is 11.5 Å². The summed E-state index contributed by atoms with van der Waals surface area (Å²) in [5.74, 6) is -2.15. The maximum Gasteiger partial charge on any atom is 0.303 e. The van der Waals surface area contributed by atoms with Crippen LogP contribution in [0.3, 0.4) is 0 Å². The average Bonchev–Trinajstić information content (AvgIpc) is 2.79. The number of carboxylic acids is 2. The molecule has 0 aliphatic heterocycles. The number of aliphatic hydroxyl groups is 8. The molecule has 0 spiro atoms. The Kier molecular flexibility index (Phi) is 21.1. The molecule has 0 heterocycles. The van der Waals surface area contributed by atoms with Crippen molar-refractivity contribution in [2.24, 2.45) is 11.5 Å². The standard InChI is InChI=1S/2C6H13NO5.C4H6O4/c2*7-3(1-8)5(11)6(12)4(10)2-9;5-3(6)1-2-4(7)8/h2*1,3-6,9-12H,2,7H2;1-2H2,(H,5,6)(H,7,8)/t2*3-,4+,5+,6+;/m00./s1. The molecule has 0 saturated heterocycles. The van der Waals surface area contributed by atoms with Crippen LogP contribution in [0.1, 0.15) is 12.8 Å². The summed E-state index contributed by atoms with van der Waals surface area (Å²) in [6.45, 7) is -1.41. The lowest BCUT2D eigenvalue weighted by Gasteiger charge is -2.23. The van der Waals surface area contributed by atoms with Crippen LogP contribution >= 0.6 is 0 Å². The van der Waals surface area contributed by atoms with Gasteiger partial charge in [0.05, 0.1) is 38.1 Å². The van der Waals surface area contributed by atoms with E-state index in [1.54, 1.807) is 0 Å². The molecule has 0 aromatic carbocycles. The molecule has 0 amide bonds. The molecule has 14 N–H and O–H groups in total. The quantitative estimate of drug-likeness (QED) is 0.110. The van der Waals surface area contributed by atoms with Crippen molar-refractivity contribution in [3.8, 4) is 0 Å². The zero-order valence-corrected chi connectivity index (χ0v) is 16.9. The smallest absolute Gasteiger partial charge is 0.303 e. The summed E-state index contributed by atoms with van der Waals surface area (Å²) >= 11 is 0. The van der Waals surface area contributed by atoms with E-state index in [2.05, 4.69) is 0 Å². The number of rotatable bonds is 13. The monoisotopic (exact) mass is 476 g/mol. The molecular formula is C16H32N2O14. The minimum absolute atomic E-state index is 0.248. The van der Waals surface area contributed by atoms with Crippen LogP contribution in [-0.4, -0.2) is 137 Å². The third kappa shape index (κ3) is 16.6. The van der Waals surface area contributed by atoms with Gasteiger partial charge in [-0.1, -0.05) is 0 Å². The van der Waals surface area contributed by atoms with Gasteiger partial charge in [0.2, 0.25) is 0 Å². The number of nitrogens with two attached hydrogens (primary N) is 2. The number of hydrogen-bond acceptors (Lipinski definition) is 14. The van der Waals surface area contributed by atoms with Crippen LogP contribution in [-0.2, 0) is 19.2 Å². The SMILES string of the molecule is N[C@@H](C=O)[C@@H](O)[C@H](O)[C@H](O)CO.N[C@@H](C=O)[C@@H](O)[C@H](O)[C@H](O)CO.O=C(O)CCC(=O)O. The fourth-order valence-electron chi connectivity index (χ4n) is 1.50. The molecule has 0 saturated carbocycles. The first kappa shape index (κ1) is 34.5. The first-order valence-electron chi connectivity index (χ1n) is 8.87. The molecule has 0 aromatic rings. The van der Waals surface area contributed by atoms with Crippen LogP contribution in [0.2, 0.25) is 0 Å². The molecule has 16 nitrogen and oxygen atoms in total. The van der Waals surface area contributed by atoms with Crippen molar-refractivity contribution >= 4 is 24.5 Å². The van der Waals surface area contributed by atoms with Crippen molar-refractivity contribution in [3.63, 3.8) is 0 Å². The summed E-state index contributed by atoms with van der Waals surface area (Å²) in [6.07, 6.45) is -9.45. The minimum Gasteiger partial charge on any atom is -0.481 e. The van der Waals surface area contributed by atoms with Gasteiger partial charge in [0.1, 0.15) is 49.2 Å². The maximum atomic E-state index is 10.0. The Morgan fingerprint density at radius 2 is 0.875 bits per heavy atom. The highest BCUT2D eigenvalue weighted by Gasteiger charge is 2.29. The number of carbonyl (C=O) groups is 4. The second kappa shape index (κ2) is 19.6. The van der Waals surface area contributed by atoms with Gasteiger partial charge in [0.15, 0.2) is 0 Å². The maximum absolute atomic E-state index is 10.0. The highest BCUT2D eigenvalue weighted by atomic mass is 16.4. The van der Waals surface area contributed by atoms with E-state index >= 15 is 0 Å². The van der Waals surface area contributed by atoms with Crippen molar-refractivity contribution in [2.75, 3.05) is 13.2 Å². The highest BCUT2D eigenvalue weighted by molar-refractivity contribution is 5.75. The Balaban J connectivity index is -0.000000404. The number of carbonyl (C=O) groups excluding carboxylic acids is 2. The van der Waals surface area contributed by atoms with E-state index in [9.17, 15) is 19.2 Å². The van der Waals surface area contributed by atoms with Gasteiger partial charge in [-0.05, 0) is 0 Å². The van der Waals surface area contributed by atoms with Crippen molar-refractivity contribution < 1.29 is 70.2 Å². The summed E-state index contributed by atoms with van der Waals surface area (Å²) in [5, 5.41) is 86.1. The van der Waals surface area contributed by atoms with Crippen LogP contribution in [0.5, 0.6) is 0 Å². The van der Waals surface area contributed by atoms with Gasteiger partial charge in [0.25, 0.3) is 0 Å². The topological polar surface area (TPSA) is 323 Å². The van der Waals surface area contributed by atoms with Gasteiger partial charge >= 0.3 is 11.9 Å². The fourth-order valence-corrected chi connectivity index (χ4v) is 1.50.